The SMILES string of the molecule is Cc1cc(Nc2ncnc3ccc(N4CCCN(C(=O)OC(C)(C)C)CC4)nc23)ccc1Oc1cc[nH]c(=N)c1. The average molecular weight is 543 g/mol. The summed E-state index contributed by atoms with van der Waals surface area (Å²) in [4.78, 5) is 33.1. The summed E-state index contributed by atoms with van der Waals surface area (Å²) in [6, 6.07) is 13.1. The number of nitrogens with one attached hydrogen (secondary N) is 3. The van der Waals surface area contributed by atoms with E-state index in [1.807, 2.05) is 58.0 Å². The van der Waals surface area contributed by atoms with Gasteiger partial charge in [0.1, 0.15) is 40.2 Å². The van der Waals surface area contributed by atoms with Gasteiger partial charge in [0.2, 0.25) is 0 Å². The standard InChI is InChI=1S/C29H34N8O3/c1-19-16-20(6-8-23(19)39-21-10-11-31-24(30)17-21)34-27-26-22(32-18-33-27)7-9-25(35-26)36-12-5-13-37(15-14-36)28(38)40-29(2,3)4/h6-11,16-18H,5,12-15H2,1-4H3,(H2,30,31)(H,32,33,34). The molecule has 0 atom stereocenters. The molecular formula is C29H34N8O3. The Balaban J connectivity index is 1.33. The zero-order chi connectivity index (χ0) is 28.3. The molecule has 0 bridgehead atoms. The summed E-state index contributed by atoms with van der Waals surface area (Å²) in [5, 5.41) is 11.1. The second kappa shape index (κ2) is 11.2. The summed E-state index contributed by atoms with van der Waals surface area (Å²) in [6.07, 6.45) is 3.72. The van der Waals surface area contributed by atoms with Crippen LogP contribution in [-0.2, 0) is 4.74 Å². The van der Waals surface area contributed by atoms with E-state index in [0.29, 0.717) is 42.5 Å². The van der Waals surface area contributed by atoms with Crippen molar-refractivity contribution in [3.05, 3.63) is 66.0 Å². The summed E-state index contributed by atoms with van der Waals surface area (Å²) in [5.74, 6) is 2.70. The van der Waals surface area contributed by atoms with Gasteiger partial charge in [0.25, 0.3) is 0 Å². The molecule has 1 aliphatic heterocycles. The van der Waals surface area contributed by atoms with Crippen molar-refractivity contribution in [2.75, 3.05) is 36.4 Å². The smallest absolute Gasteiger partial charge is 0.410 e. The van der Waals surface area contributed by atoms with E-state index < -0.39 is 5.60 Å². The fourth-order valence-electron chi connectivity index (χ4n) is 4.47. The zero-order valence-electron chi connectivity index (χ0n) is 23.2. The molecule has 5 rings (SSSR count). The van der Waals surface area contributed by atoms with Gasteiger partial charge in [0.05, 0.1) is 5.52 Å². The average Bonchev–Trinajstić information content (AvgIpc) is 3.16. The molecule has 1 aliphatic rings. The van der Waals surface area contributed by atoms with Crippen LogP contribution >= 0.6 is 0 Å². The van der Waals surface area contributed by atoms with E-state index in [1.54, 1.807) is 23.2 Å². The number of rotatable bonds is 5. The first-order valence-corrected chi connectivity index (χ1v) is 13.3. The highest BCUT2D eigenvalue weighted by molar-refractivity contribution is 5.88. The summed E-state index contributed by atoms with van der Waals surface area (Å²) < 4.78 is 11.5. The predicted molar refractivity (Wildman–Crippen MR) is 153 cm³/mol. The molecule has 0 unspecified atom stereocenters. The second-order valence-corrected chi connectivity index (χ2v) is 10.7. The van der Waals surface area contributed by atoms with Crippen LogP contribution in [0.3, 0.4) is 0 Å². The van der Waals surface area contributed by atoms with Crippen molar-refractivity contribution in [3.63, 3.8) is 0 Å². The molecule has 0 radical (unpaired) electrons. The van der Waals surface area contributed by atoms with E-state index in [1.165, 1.54) is 6.33 Å². The van der Waals surface area contributed by atoms with Crippen molar-refractivity contribution in [3.8, 4) is 11.5 Å². The van der Waals surface area contributed by atoms with E-state index in [4.69, 9.17) is 19.9 Å². The lowest BCUT2D eigenvalue weighted by Crippen LogP contribution is -2.39. The number of ether oxygens (including phenoxy) is 2. The molecule has 1 aromatic carbocycles. The molecule has 0 spiro atoms. The van der Waals surface area contributed by atoms with E-state index in [9.17, 15) is 4.79 Å². The van der Waals surface area contributed by atoms with E-state index in [0.717, 1.165) is 35.6 Å². The van der Waals surface area contributed by atoms with Crippen LogP contribution in [0.1, 0.15) is 32.8 Å². The molecule has 1 amide bonds. The summed E-state index contributed by atoms with van der Waals surface area (Å²) >= 11 is 0. The maximum Gasteiger partial charge on any atom is 0.410 e. The van der Waals surface area contributed by atoms with E-state index in [-0.39, 0.29) is 11.6 Å². The van der Waals surface area contributed by atoms with Crippen molar-refractivity contribution in [2.45, 2.75) is 39.7 Å². The third-order valence-corrected chi connectivity index (χ3v) is 6.38. The molecule has 208 valence electrons. The fraction of sp³-hybridized carbons (Fsp3) is 0.345. The Hall–Kier alpha value is -4.67. The molecule has 11 nitrogen and oxygen atoms in total. The summed E-state index contributed by atoms with van der Waals surface area (Å²) in [6.45, 7) is 10.2. The van der Waals surface area contributed by atoms with Gasteiger partial charge >= 0.3 is 6.09 Å². The zero-order valence-corrected chi connectivity index (χ0v) is 23.2. The lowest BCUT2D eigenvalue weighted by atomic mass is 10.2. The van der Waals surface area contributed by atoms with Crippen LogP contribution in [0.4, 0.5) is 22.1 Å². The molecule has 4 heterocycles. The Kier molecular flexibility index (Phi) is 7.54. The second-order valence-electron chi connectivity index (χ2n) is 10.7. The molecule has 3 N–H and O–H groups in total. The lowest BCUT2D eigenvalue weighted by Gasteiger charge is -2.26. The Bertz CT molecular complexity index is 1580. The van der Waals surface area contributed by atoms with Crippen molar-refractivity contribution in [1.29, 1.82) is 5.41 Å². The topological polar surface area (TPSA) is 132 Å². The minimum Gasteiger partial charge on any atom is -0.457 e. The highest BCUT2D eigenvalue weighted by atomic mass is 16.6. The van der Waals surface area contributed by atoms with Crippen LogP contribution < -0.4 is 20.4 Å². The van der Waals surface area contributed by atoms with Gasteiger partial charge in [0.15, 0.2) is 5.82 Å². The minimum atomic E-state index is -0.523. The number of benzene rings is 1. The van der Waals surface area contributed by atoms with Crippen molar-refractivity contribution in [2.24, 2.45) is 0 Å². The van der Waals surface area contributed by atoms with Gasteiger partial charge in [-0.15, -0.1) is 0 Å². The molecule has 1 saturated heterocycles. The minimum absolute atomic E-state index is 0.275. The van der Waals surface area contributed by atoms with Crippen molar-refractivity contribution < 1.29 is 14.3 Å². The first kappa shape index (κ1) is 26.9. The molecular weight excluding hydrogens is 508 g/mol. The Labute approximate surface area is 232 Å². The van der Waals surface area contributed by atoms with Gasteiger partial charge < -0.3 is 29.6 Å². The van der Waals surface area contributed by atoms with Crippen LogP contribution in [-0.4, -0.2) is 62.7 Å². The maximum atomic E-state index is 12.6. The number of hydrogen-bond acceptors (Lipinski definition) is 9. The van der Waals surface area contributed by atoms with Crippen LogP contribution in [0.2, 0.25) is 0 Å². The molecule has 1 fully saturated rings. The van der Waals surface area contributed by atoms with Crippen LogP contribution in [0.15, 0.2) is 55.0 Å². The molecule has 11 heteroatoms. The number of hydrogen-bond donors (Lipinski definition) is 3. The molecule has 4 aromatic rings. The van der Waals surface area contributed by atoms with Gasteiger partial charge in [-0.05, 0) is 76.1 Å². The number of anilines is 3. The van der Waals surface area contributed by atoms with E-state index in [2.05, 4.69) is 25.2 Å². The lowest BCUT2D eigenvalue weighted by molar-refractivity contribution is 0.0263. The van der Waals surface area contributed by atoms with Crippen molar-refractivity contribution >= 4 is 34.4 Å². The number of aromatic nitrogens is 4. The van der Waals surface area contributed by atoms with Gasteiger partial charge in [0, 0.05) is 44.1 Å². The number of pyridine rings is 2. The normalized spacial score (nSPS) is 14.1. The van der Waals surface area contributed by atoms with Crippen molar-refractivity contribution in [1.82, 2.24) is 24.8 Å². The third kappa shape index (κ3) is 6.48. The number of carbonyl (C=O) groups excluding carboxylic acids is 1. The van der Waals surface area contributed by atoms with Crippen LogP contribution in [0, 0.1) is 12.3 Å². The Morgan fingerprint density at radius 1 is 1.05 bits per heavy atom. The predicted octanol–water partition coefficient (Wildman–Crippen LogP) is 5.12. The number of nitrogens with zero attached hydrogens (tertiary/aromatic N) is 5. The van der Waals surface area contributed by atoms with Gasteiger partial charge in [-0.25, -0.2) is 19.7 Å². The van der Waals surface area contributed by atoms with Gasteiger partial charge in [-0.3, -0.25) is 5.41 Å². The first-order chi connectivity index (χ1) is 19.1. The summed E-state index contributed by atoms with van der Waals surface area (Å²) in [7, 11) is 0. The Morgan fingerprint density at radius 2 is 1.90 bits per heavy atom. The molecule has 0 aliphatic carbocycles. The maximum absolute atomic E-state index is 12.6. The molecule has 40 heavy (non-hydrogen) atoms. The fourth-order valence-corrected chi connectivity index (χ4v) is 4.47. The highest BCUT2D eigenvalue weighted by Gasteiger charge is 2.25. The van der Waals surface area contributed by atoms with Crippen LogP contribution in [0.25, 0.3) is 11.0 Å². The Morgan fingerprint density at radius 3 is 2.67 bits per heavy atom. The number of amides is 1. The van der Waals surface area contributed by atoms with Gasteiger partial charge in [-0.2, -0.15) is 0 Å². The molecule has 0 saturated carbocycles. The van der Waals surface area contributed by atoms with Gasteiger partial charge in [-0.1, -0.05) is 0 Å². The number of H-pyrrole nitrogens is 1. The molecule has 3 aromatic heterocycles. The summed E-state index contributed by atoms with van der Waals surface area (Å²) in [5.41, 5.74) is 2.91. The first-order valence-electron chi connectivity index (χ1n) is 13.3. The van der Waals surface area contributed by atoms with Crippen LogP contribution in [0.5, 0.6) is 11.5 Å². The highest BCUT2D eigenvalue weighted by Crippen LogP contribution is 2.29. The monoisotopic (exact) mass is 542 g/mol. The number of aryl methyl sites for hydroxylation is 1. The van der Waals surface area contributed by atoms with E-state index >= 15 is 0 Å². The third-order valence-electron chi connectivity index (χ3n) is 6.38. The number of fused-ring (bicyclic) bond motifs is 1. The quantitative estimate of drug-likeness (QED) is 0.316. The number of carbonyl (C=O) groups is 1. The largest absolute Gasteiger partial charge is 0.457 e. The number of aromatic amines is 1.